The summed E-state index contributed by atoms with van der Waals surface area (Å²) in [4.78, 5) is 6.72. The third-order valence-electron chi connectivity index (χ3n) is 6.20. The summed E-state index contributed by atoms with van der Waals surface area (Å²) in [5, 5.41) is 23.8. The third kappa shape index (κ3) is 3.18. The Morgan fingerprint density at radius 2 is 2.04 bits per heavy atom. The number of aliphatic hydroxyl groups is 1. The molecule has 0 bridgehead atoms. The molecule has 1 aromatic carbocycles. The van der Waals surface area contributed by atoms with Gasteiger partial charge >= 0.3 is 0 Å². The second-order valence-electron chi connectivity index (χ2n) is 7.87. The fourth-order valence-electron chi connectivity index (χ4n) is 4.98. The smallest absolute Gasteiger partial charge is 0.217 e. The molecule has 2 aromatic rings. The van der Waals surface area contributed by atoms with Gasteiger partial charge < -0.3 is 25.2 Å². The van der Waals surface area contributed by atoms with Gasteiger partial charge in [0, 0.05) is 30.9 Å². The Balaban J connectivity index is 1.71. The summed E-state index contributed by atoms with van der Waals surface area (Å²) in [5.74, 6) is 1.59. The molecule has 3 N–H and O–H groups in total. The molecule has 2 aliphatic rings. The van der Waals surface area contributed by atoms with E-state index in [1.165, 1.54) is 0 Å². The highest BCUT2D eigenvalue weighted by atomic mass is 16.5. The van der Waals surface area contributed by atoms with Gasteiger partial charge in [0.1, 0.15) is 5.75 Å². The number of nitrogens with one attached hydrogen (secondary N) is 1. The highest BCUT2D eigenvalue weighted by Gasteiger charge is 2.56. The number of aromatic hydroxyl groups is 1. The molecule has 0 amide bonds. The van der Waals surface area contributed by atoms with Crippen LogP contribution in [0, 0.1) is 11.8 Å². The van der Waals surface area contributed by atoms with Gasteiger partial charge in [0.05, 0.1) is 19.3 Å². The van der Waals surface area contributed by atoms with Crippen molar-refractivity contribution in [3.05, 3.63) is 53.7 Å². The van der Waals surface area contributed by atoms with Crippen LogP contribution in [0.2, 0.25) is 0 Å². The minimum absolute atomic E-state index is 0.0575. The first-order chi connectivity index (χ1) is 13.1. The first kappa shape index (κ1) is 18.2. The van der Waals surface area contributed by atoms with Crippen molar-refractivity contribution >= 4 is 0 Å². The lowest BCUT2D eigenvalue weighted by Crippen LogP contribution is -2.52. The molecule has 2 fully saturated rings. The zero-order chi connectivity index (χ0) is 19.0. The van der Waals surface area contributed by atoms with E-state index in [0.29, 0.717) is 24.1 Å². The first-order valence-electron chi connectivity index (χ1n) is 9.40. The molecule has 27 heavy (non-hydrogen) atoms. The Hall–Kier alpha value is -2.15. The van der Waals surface area contributed by atoms with Crippen molar-refractivity contribution in [1.82, 2.24) is 15.2 Å². The van der Waals surface area contributed by atoms with Crippen LogP contribution in [0.15, 0.2) is 42.6 Å². The Labute approximate surface area is 159 Å². The topological polar surface area (TPSA) is 77.8 Å². The van der Waals surface area contributed by atoms with Crippen molar-refractivity contribution in [3.63, 3.8) is 0 Å². The number of rotatable bonds is 5. The van der Waals surface area contributed by atoms with Gasteiger partial charge in [0.15, 0.2) is 0 Å². The van der Waals surface area contributed by atoms with Crippen molar-refractivity contribution in [2.45, 2.75) is 18.0 Å². The number of phenols is 1. The van der Waals surface area contributed by atoms with Crippen LogP contribution < -0.4 is 10.1 Å². The van der Waals surface area contributed by atoms with Crippen LogP contribution in [0.5, 0.6) is 11.6 Å². The summed E-state index contributed by atoms with van der Waals surface area (Å²) in [7, 11) is 3.79. The van der Waals surface area contributed by atoms with Crippen LogP contribution in [-0.4, -0.2) is 59.5 Å². The molecule has 4 atom stereocenters. The van der Waals surface area contributed by atoms with Crippen LogP contribution in [0.3, 0.4) is 0 Å². The number of phenolic OH excluding ortho intramolecular Hbond substituents is 1. The van der Waals surface area contributed by atoms with E-state index in [2.05, 4.69) is 28.3 Å². The van der Waals surface area contributed by atoms with Gasteiger partial charge in [-0.15, -0.1) is 0 Å². The lowest BCUT2D eigenvalue weighted by Gasteiger charge is -2.34. The van der Waals surface area contributed by atoms with Crippen LogP contribution in [0.4, 0.5) is 0 Å². The highest BCUT2D eigenvalue weighted by Crippen LogP contribution is 2.49. The van der Waals surface area contributed by atoms with Crippen LogP contribution in [0.25, 0.3) is 0 Å². The second-order valence-corrected chi connectivity index (χ2v) is 7.87. The maximum Gasteiger partial charge on any atom is 0.217 e. The van der Waals surface area contributed by atoms with Crippen molar-refractivity contribution in [3.8, 4) is 11.6 Å². The maximum absolute atomic E-state index is 10.5. The van der Waals surface area contributed by atoms with Gasteiger partial charge in [-0.2, -0.15) is 0 Å². The standard InChI is InChI=1S/C21H27N3O3/c1-24-11-17-18(12-24)21(13-25,10-14-5-7-15(26)8-6-14)23-19(17)16-4-3-9-22-20(16)27-2/h3-9,17-19,23,25-26H,10-13H2,1-2H3/t17-,18+,19-,21+/m1/s1. The number of nitrogens with zero attached hydrogens (tertiary/aromatic N) is 2. The van der Waals surface area contributed by atoms with Gasteiger partial charge in [-0.05, 0) is 49.1 Å². The number of hydrogen-bond acceptors (Lipinski definition) is 6. The van der Waals surface area contributed by atoms with Gasteiger partial charge in [-0.1, -0.05) is 18.2 Å². The minimum atomic E-state index is -0.419. The number of ether oxygens (including phenoxy) is 1. The normalized spacial score (nSPS) is 30.4. The van der Waals surface area contributed by atoms with Crippen molar-refractivity contribution in [1.29, 1.82) is 0 Å². The molecule has 144 valence electrons. The SMILES string of the molecule is COc1ncccc1[C@H]1N[C@](CO)(Cc2ccc(O)cc2)[C@H]2CN(C)C[C@@H]12. The Kier molecular flexibility index (Phi) is 4.80. The highest BCUT2D eigenvalue weighted by molar-refractivity contribution is 5.35. The molecule has 2 aliphatic heterocycles. The van der Waals surface area contributed by atoms with Crippen LogP contribution >= 0.6 is 0 Å². The van der Waals surface area contributed by atoms with Crippen molar-refractivity contribution < 1.29 is 14.9 Å². The number of fused-ring (bicyclic) bond motifs is 1. The quantitative estimate of drug-likeness (QED) is 0.743. The Morgan fingerprint density at radius 1 is 1.26 bits per heavy atom. The number of likely N-dealkylation sites (tertiary alicyclic amines) is 1. The van der Waals surface area contributed by atoms with Crippen molar-refractivity contribution in [2.75, 3.05) is 33.9 Å². The number of aromatic nitrogens is 1. The maximum atomic E-state index is 10.5. The summed E-state index contributed by atoms with van der Waals surface area (Å²) in [6, 6.07) is 11.3. The molecule has 0 unspecified atom stereocenters. The van der Waals surface area contributed by atoms with E-state index in [-0.39, 0.29) is 18.4 Å². The predicted octanol–water partition coefficient (Wildman–Crippen LogP) is 1.59. The largest absolute Gasteiger partial charge is 0.508 e. The molecule has 6 nitrogen and oxygen atoms in total. The first-order valence-corrected chi connectivity index (χ1v) is 9.40. The molecule has 2 saturated heterocycles. The molecule has 4 rings (SSSR count). The van der Waals surface area contributed by atoms with Crippen LogP contribution in [0.1, 0.15) is 17.2 Å². The van der Waals surface area contributed by atoms with E-state index in [0.717, 1.165) is 24.2 Å². The number of benzene rings is 1. The summed E-state index contributed by atoms with van der Waals surface area (Å²) < 4.78 is 5.51. The monoisotopic (exact) mass is 369 g/mol. The molecule has 1 aromatic heterocycles. The van der Waals surface area contributed by atoms with E-state index in [9.17, 15) is 10.2 Å². The Morgan fingerprint density at radius 3 is 2.74 bits per heavy atom. The molecule has 0 aliphatic carbocycles. The van der Waals surface area contributed by atoms with E-state index in [4.69, 9.17) is 4.74 Å². The molecular weight excluding hydrogens is 342 g/mol. The fraction of sp³-hybridized carbons (Fsp3) is 0.476. The number of aliphatic hydroxyl groups excluding tert-OH is 1. The van der Waals surface area contributed by atoms with Gasteiger partial charge in [-0.25, -0.2) is 4.98 Å². The number of methoxy groups -OCH3 is 1. The van der Waals surface area contributed by atoms with Gasteiger partial charge in [-0.3, -0.25) is 0 Å². The lowest BCUT2D eigenvalue weighted by molar-refractivity contribution is 0.129. The predicted molar refractivity (Wildman–Crippen MR) is 103 cm³/mol. The van der Waals surface area contributed by atoms with E-state index >= 15 is 0 Å². The van der Waals surface area contributed by atoms with E-state index < -0.39 is 5.54 Å². The summed E-state index contributed by atoms with van der Waals surface area (Å²) in [6.07, 6.45) is 2.45. The second kappa shape index (κ2) is 7.11. The minimum Gasteiger partial charge on any atom is -0.508 e. The summed E-state index contributed by atoms with van der Waals surface area (Å²) >= 11 is 0. The third-order valence-corrected chi connectivity index (χ3v) is 6.20. The number of pyridine rings is 1. The molecule has 0 spiro atoms. The van der Waals surface area contributed by atoms with Gasteiger partial charge in [0.2, 0.25) is 5.88 Å². The zero-order valence-electron chi connectivity index (χ0n) is 15.8. The summed E-state index contributed by atoms with van der Waals surface area (Å²) in [5.41, 5.74) is 1.73. The molecule has 0 radical (unpaired) electrons. The van der Waals surface area contributed by atoms with Crippen molar-refractivity contribution in [2.24, 2.45) is 11.8 Å². The summed E-state index contributed by atoms with van der Waals surface area (Å²) in [6.45, 7) is 1.97. The van der Waals surface area contributed by atoms with Crippen LogP contribution in [-0.2, 0) is 6.42 Å². The molecule has 6 heteroatoms. The molecule has 3 heterocycles. The molecular formula is C21H27N3O3. The van der Waals surface area contributed by atoms with E-state index in [1.807, 2.05) is 18.2 Å². The van der Waals surface area contributed by atoms with Gasteiger partial charge in [0.25, 0.3) is 0 Å². The average Bonchev–Trinajstić information content (AvgIpc) is 3.20. The zero-order valence-corrected chi connectivity index (χ0v) is 15.8. The average molecular weight is 369 g/mol. The number of hydrogen-bond donors (Lipinski definition) is 3. The Bertz CT molecular complexity index is 798. The lowest BCUT2D eigenvalue weighted by atomic mass is 9.77. The fourth-order valence-corrected chi connectivity index (χ4v) is 4.98. The van der Waals surface area contributed by atoms with E-state index in [1.54, 1.807) is 25.4 Å². The molecule has 0 saturated carbocycles.